The van der Waals surface area contributed by atoms with Crippen molar-refractivity contribution in [3.63, 3.8) is 0 Å². The normalized spacial score (nSPS) is 11.8. The molecule has 0 atom stereocenters. The van der Waals surface area contributed by atoms with Gasteiger partial charge in [-0.3, -0.25) is 9.36 Å². The quantitative estimate of drug-likeness (QED) is 0.696. The molecule has 1 heterocycles. The third kappa shape index (κ3) is 2.99. The maximum absolute atomic E-state index is 12.9. The molecule has 0 aliphatic carbocycles. The standard InChI is InChI=1S/C21H24N2O/c1-5-14-23-19(15-10-12-16(13-11-15)21(2,3)4)22-18-9-7-6-8-17(18)20(23)24/h6-13H,5,14H2,1-4H3. The lowest BCUT2D eigenvalue weighted by Crippen LogP contribution is -2.23. The van der Waals surface area contributed by atoms with E-state index in [4.69, 9.17) is 4.98 Å². The fourth-order valence-electron chi connectivity index (χ4n) is 2.94. The van der Waals surface area contributed by atoms with Gasteiger partial charge in [0.05, 0.1) is 10.9 Å². The van der Waals surface area contributed by atoms with Crippen LogP contribution in [0.3, 0.4) is 0 Å². The van der Waals surface area contributed by atoms with Crippen molar-refractivity contribution in [3.05, 3.63) is 64.4 Å². The van der Waals surface area contributed by atoms with Gasteiger partial charge in [0, 0.05) is 12.1 Å². The predicted molar refractivity (Wildman–Crippen MR) is 100 cm³/mol. The molecule has 0 unspecified atom stereocenters. The Morgan fingerprint density at radius 1 is 1.00 bits per heavy atom. The molecule has 0 radical (unpaired) electrons. The van der Waals surface area contributed by atoms with E-state index in [0.29, 0.717) is 11.9 Å². The number of aromatic nitrogens is 2. The summed E-state index contributed by atoms with van der Waals surface area (Å²) < 4.78 is 1.80. The minimum Gasteiger partial charge on any atom is -0.292 e. The summed E-state index contributed by atoms with van der Waals surface area (Å²) in [4.78, 5) is 17.6. The van der Waals surface area contributed by atoms with Gasteiger partial charge >= 0.3 is 0 Å². The van der Waals surface area contributed by atoms with Gasteiger partial charge in [-0.2, -0.15) is 0 Å². The average Bonchev–Trinajstić information content (AvgIpc) is 2.57. The Kier molecular flexibility index (Phi) is 4.27. The molecular formula is C21H24N2O. The van der Waals surface area contributed by atoms with Gasteiger partial charge in [-0.25, -0.2) is 4.98 Å². The summed E-state index contributed by atoms with van der Waals surface area (Å²) in [6.07, 6.45) is 0.896. The molecule has 3 heteroatoms. The minimum atomic E-state index is 0.0392. The van der Waals surface area contributed by atoms with E-state index in [1.54, 1.807) is 4.57 Å². The fourth-order valence-corrected chi connectivity index (χ4v) is 2.94. The first-order valence-electron chi connectivity index (χ1n) is 8.52. The molecule has 0 N–H and O–H groups in total. The maximum atomic E-state index is 12.9. The molecule has 0 saturated heterocycles. The number of nitrogens with zero attached hydrogens (tertiary/aromatic N) is 2. The van der Waals surface area contributed by atoms with E-state index >= 15 is 0 Å². The Labute approximate surface area is 143 Å². The number of benzene rings is 2. The molecule has 3 nitrogen and oxygen atoms in total. The van der Waals surface area contributed by atoms with Gasteiger partial charge < -0.3 is 0 Å². The highest BCUT2D eigenvalue weighted by atomic mass is 16.1. The molecule has 0 bridgehead atoms. The van der Waals surface area contributed by atoms with Crippen LogP contribution >= 0.6 is 0 Å². The van der Waals surface area contributed by atoms with Gasteiger partial charge in [0.1, 0.15) is 5.82 Å². The van der Waals surface area contributed by atoms with E-state index in [1.165, 1.54) is 5.56 Å². The lowest BCUT2D eigenvalue weighted by molar-refractivity contribution is 0.590. The molecule has 2 aromatic carbocycles. The monoisotopic (exact) mass is 320 g/mol. The van der Waals surface area contributed by atoms with E-state index in [2.05, 4.69) is 52.0 Å². The summed E-state index contributed by atoms with van der Waals surface area (Å²) >= 11 is 0. The lowest BCUT2D eigenvalue weighted by atomic mass is 9.86. The van der Waals surface area contributed by atoms with Crippen LogP contribution in [0.15, 0.2) is 53.3 Å². The Morgan fingerprint density at radius 2 is 1.67 bits per heavy atom. The van der Waals surface area contributed by atoms with E-state index in [-0.39, 0.29) is 11.0 Å². The Hall–Kier alpha value is -2.42. The zero-order valence-corrected chi connectivity index (χ0v) is 14.8. The van der Waals surface area contributed by atoms with Crippen LogP contribution in [0, 0.1) is 0 Å². The lowest BCUT2D eigenvalue weighted by Gasteiger charge is -2.19. The first-order chi connectivity index (χ1) is 11.4. The number of fused-ring (bicyclic) bond motifs is 1. The third-order valence-corrected chi connectivity index (χ3v) is 4.32. The first-order valence-corrected chi connectivity index (χ1v) is 8.52. The molecule has 0 amide bonds. The number of para-hydroxylation sites is 1. The zero-order valence-electron chi connectivity index (χ0n) is 14.8. The van der Waals surface area contributed by atoms with Crippen molar-refractivity contribution >= 4 is 10.9 Å². The summed E-state index contributed by atoms with van der Waals surface area (Å²) in [5.41, 5.74) is 3.16. The van der Waals surface area contributed by atoms with Crippen LogP contribution in [0.1, 0.15) is 39.7 Å². The van der Waals surface area contributed by atoms with Crippen LogP contribution in [0.2, 0.25) is 0 Å². The highest BCUT2D eigenvalue weighted by Crippen LogP contribution is 2.25. The largest absolute Gasteiger partial charge is 0.292 e. The molecule has 124 valence electrons. The summed E-state index contributed by atoms with van der Waals surface area (Å²) in [6, 6.07) is 16.0. The van der Waals surface area contributed by atoms with Crippen LogP contribution in [0.5, 0.6) is 0 Å². The van der Waals surface area contributed by atoms with Crippen molar-refractivity contribution in [1.29, 1.82) is 0 Å². The third-order valence-electron chi connectivity index (χ3n) is 4.32. The fraction of sp³-hybridized carbons (Fsp3) is 0.333. The van der Waals surface area contributed by atoms with E-state index in [9.17, 15) is 4.79 Å². The van der Waals surface area contributed by atoms with Crippen molar-refractivity contribution in [2.24, 2.45) is 0 Å². The molecule has 3 rings (SSSR count). The number of hydrogen-bond donors (Lipinski definition) is 0. The van der Waals surface area contributed by atoms with Gasteiger partial charge in [-0.05, 0) is 29.5 Å². The zero-order chi connectivity index (χ0) is 17.3. The van der Waals surface area contributed by atoms with Crippen LogP contribution in [-0.4, -0.2) is 9.55 Å². The molecule has 1 aromatic heterocycles. The van der Waals surface area contributed by atoms with E-state index < -0.39 is 0 Å². The van der Waals surface area contributed by atoms with Crippen molar-refractivity contribution < 1.29 is 0 Å². The smallest absolute Gasteiger partial charge is 0.261 e. The highest BCUT2D eigenvalue weighted by molar-refractivity contribution is 5.79. The van der Waals surface area contributed by atoms with Crippen LogP contribution in [0.4, 0.5) is 0 Å². The molecule has 0 spiro atoms. The minimum absolute atomic E-state index is 0.0392. The van der Waals surface area contributed by atoms with Gasteiger partial charge in [-0.1, -0.05) is 64.1 Å². The molecule has 0 aliphatic rings. The SMILES string of the molecule is CCCn1c(-c2ccc(C(C)(C)C)cc2)nc2ccccc2c1=O. The Bertz CT molecular complexity index is 915. The van der Waals surface area contributed by atoms with E-state index in [1.807, 2.05) is 24.3 Å². The number of rotatable bonds is 3. The summed E-state index contributed by atoms with van der Waals surface area (Å²) in [5, 5.41) is 0.681. The second-order valence-electron chi connectivity index (χ2n) is 7.24. The first kappa shape index (κ1) is 16.4. The van der Waals surface area contributed by atoms with Crippen molar-refractivity contribution in [2.75, 3.05) is 0 Å². The van der Waals surface area contributed by atoms with Crippen molar-refractivity contribution in [1.82, 2.24) is 9.55 Å². The van der Waals surface area contributed by atoms with Crippen LogP contribution < -0.4 is 5.56 Å². The van der Waals surface area contributed by atoms with Crippen LogP contribution in [0.25, 0.3) is 22.3 Å². The van der Waals surface area contributed by atoms with Crippen LogP contribution in [-0.2, 0) is 12.0 Å². The molecule has 0 saturated carbocycles. The van der Waals surface area contributed by atoms with Gasteiger partial charge in [0.25, 0.3) is 5.56 Å². The Morgan fingerprint density at radius 3 is 2.29 bits per heavy atom. The van der Waals surface area contributed by atoms with Crippen molar-refractivity contribution in [2.45, 2.75) is 46.1 Å². The second-order valence-corrected chi connectivity index (χ2v) is 7.24. The highest BCUT2D eigenvalue weighted by Gasteiger charge is 2.15. The molecule has 0 fully saturated rings. The molecule has 0 aliphatic heterocycles. The summed E-state index contributed by atoms with van der Waals surface area (Å²) in [6.45, 7) is 9.34. The second kappa shape index (κ2) is 6.23. The molecule has 24 heavy (non-hydrogen) atoms. The predicted octanol–water partition coefficient (Wildman–Crippen LogP) is 4.77. The number of hydrogen-bond acceptors (Lipinski definition) is 2. The van der Waals surface area contributed by atoms with Gasteiger partial charge in [-0.15, -0.1) is 0 Å². The summed E-state index contributed by atoms with van der Waals surface area (Å²) in [7, 11) is 0. The Balaban J connectivity index is 2.21. The topological polar surface area (TPSA) is 34.9 Å². The van der Waals surface area contributed by atoms with Gasteiger partial charge in [0.15, 0.2) is 0 Å². The average molecular weight is 320 g/mol. The van der Waals surface area contributed by atoms with Crippen molar-refractivity contribution in [3.8, 4) is 11.4 Å². The maximum Gasteiger partial charge on any atom is 0.261 e. The summed E-state index contributed by atoms with van der Waals surface area (Å²) in [5.74, 6) is 0.751. The van der Waals surface area contributed by atoms with Gasteiger partial charge in [0.2, 0.25) is 0 Å². The molecular weight excluding hydrogens is 296 g/mol. The molecule has 3 aromatic rings. The van der Waals surface area contributed by atoms with E-state index in [0.717, 1.165) is 23.3 Å².